The quantitative estimate of drug-likeness (QED) is 0.0230. The number of nitrogens with zero attached hydrogens (tertiary/aromatic N) is 1. The molecule has 6 N–H and O–H groups in total. The maximum Gasteiger partial charge on any atom is 0.320 e. The van der Waals surface area contributed by atoms with Crippen LogP contribution in [-0.2, 0) is 42.9 Å². The normalized spacial score (nSPS) is 12.0. The zero-order valence-electron chi connectivity index (χ0n) is 40.0. The molecule has 0 spiro atoms. The zero-order chi connectivity index (χ0) is 47.1. The Bertz CT molecular complexity index is 1230. The summed E-state index contributed by atoms with van der Waals surface area (Å²) in [7, 11) is 0. The fourth-order valence-electron chi connectivity index (χ4n) is 7.19. The Hall–Kier alpha value is -3.40. The van der Waals surface area contributed by atoms with Crippen molar-refractivity contribution in [3.63, 3.8) is 0 Å². The molecule has 2 atom stereocenters. The number of carboxylic acid groups (broad SMARTS) is 2. The maximum absolute atomic E-state index is 12.2. The Morgan fingerprint density at radius 2 is 0.938 bits per heavy atom. The van der Waals surface area contributed by atoms with E-state index in [0.29, 0.717) is 45.2 Å². The van der Waals surface area contributed by atoms with E-state index in [1.165, 1.54) is 70.6 Å². The van der Waals surface area contributed by atoms with Crippen molar-refractivity contribution in [2.24, 2.45) is 5.92 Å². The van der Waals surface area contributed by atoms with Gasteiger partial charge in [0.25, 0.3) is 12.4 Å². The first-order chi connectivity index (χ1) is 31.1. The largest absolute Gasteiger partial charge is 0.481 e. The number of aliphatic carboxylic acids is 2. The van der Waals surface area contributed by atoms with Crippen LogP contribution < -0.4 is 25.9 Å². The van der Waals surface area contributed by atoms with Crippen LogP contribution in [0, 0.1) is 5.92 Å². The highest BCUT2D eigenvalue weighted by molar-refractivity contribution is 5.84. The summed E-state index contributed by atoms with van der Waals surface area (Å²) < 4.78 is 25.6. The van der Waals surface area contributed by atoms with Gasteiger partial charge in [0.05, 0.1) is 45.6 Å². The minimum absolute atomic E-state index is 0.0249. The van der Waals surface area contributed by atoms with E-state index in [9.17, 15) is 29.1 Å². The first-order valence-electron chi connectivity index (χ1n) is 24.7. The topological polar surface area (TPSA) is 225 Å². The highest BCUT2D eigenvalue weighted by Crippen LogP contribution is 2.16. The predicted molar refractivity (Wildman–Crippen MR) is 254 cm³/mol. The fourth-order valence-corrected chi connectivity index (χ4v) is 7.19. The third-order valence-corrected chi connectivity index (χ3v) is 11.0. The SMILES string of the molecule is C=[N+]=C(C)C(CCC)CCCCNC(=O)COCCOCCNC(=O)COCCOCCNC(=O)CCC(NCCCCCCCCCCCCCCCCCCCC(=O)O)C(=O)O. The van der Waals surface area contributed by atoms with E-state index >= 15 is 0 Å². The third kappa shape index (κ3) is 42.5. The van der Waals surface area contributed by atoms with Crippen LogP contribution in [0.4, 0.5) is 0 Å². The Kier molecular flexibility index (Phi) is 43.7. The molecule has 0 radical (unpaired) electrons. The summed E-state index contributed by atoms with van der Waals surface area (Å²) in [5, 5.41) is 29.6. The third-order valence-electron chi connectivity index (χ3n) is 11.0. The van der Waals surface area contributed by atoms with Gasteiger partial charge >= 0.3 is 11.9 Å². The fraction of sp³-hybridized carbons (Fsp3) is 0.854. The van der Waals surface area contributed by atoms with Gasteiger partial charge in [-0.15, -0.1) is 4.67 Å². The number of carboxylic acids is 2. The van der Waals surface area contributed by atoms with Crippen LogP contribution in [0.1, 0.15) is 174 Å². The van der Waals surface area contributed by atoms with Crippen molar-refractivity contribution < 1.29 is 53.1 Å². The molecule has 0 aliphatic rings. The Morgan fingerprint density at radius 1 is 0.500 bits per heavy atom. The molecule has 0 bridgehead atoms. The standard InChI is InChI=1S/C48H89N5O11/c1-4-24-42(41(2)49-3)25-21-23-30-51-45(55)39-63-37-36-62-34-32-53-46(56)40-64-38-35-61-33-31-52-44(54)28-27-43(48(59)60)50-29-22-19-17-15-13-11-9-7-5-6-8-10-12-14-16-18-20-26-47(57)58/h42-43,50H,3-40H2,1-2H3,(H4-,51,52,53,54,55,56,57,58,59,60)/p+1. The average Bonchev–Trinajstić information content (AvgIpc) is 3.27. The predicted octanol–water partition coefficient (Wildman–Crippen LogP) is 6.15. The van der Waals surface area contributed by atoms with E-state index in [1.54, 1.807) is 0 Å². The molecule has 0 aromatic heterocycles. The molecular weight excluding hydrogens is 823 g/mol. The number of hydrogen-bond donors (Lipinski definition) is 6. The molecule has 0 saturated heterocycles. The summed E-state index contributed by atoms with van der Waals surface area (Å²) in [6, 6.07) is -0.760. The summed E-state index contributed by atoms with van der Waals surface area (Å²) >= 11 is 0. The minimum Gasteiger partial charge on any atom is -0.481 e. The number of nitrogens with one attached hydrogen (secondary N) is 4. The van der Waals surface area contributed by atoms with Crippen LogP contribution in [0.5, 0.6) is 0 Å². The lowest BCUT2D eigenvalue weighted by Crippen LogP contribution is -2.38. The number of unbranched alkanes of at least 4 members (excludes halogenated alkanes) is 17. The van der Waals surface area contributed by atoms with E-state index in [4.69, 9.17) is 24.1 Å². The molecule has 3 amide bonds. The molecule has 64 heavy (non-hydrogen) atoms. The molecule has 0 saturated carbocycles. The highest BCUT2D eigenvalue weighted by atomic mass is 16.5. The molecule has 0 fully saturated rings. The van der Waals surface area contributed by atoms with Crippen molar-refractivity contribution in [3.8, 4) is 0 Å². The van der Waals surface area contributed by atoms with Gasteiger partial charge in [-0.25, -0.2) is 0 Å². The summed E-state index contributed by atoms with van der Waals surface area (Å²) in [6.45, 7) is 11.1. The number of ether oxygens (including phenoxy) is 4. The molecule has 0 aliphatic heterocycles. The summed E-state index contributed by atoms with van der Waals surface area (Å²) in [4.78, 5) is 58.4. The van der Waals surface area contributed by atoms with Crippen molar-refractivity contribution in [3.05, 3.63) is 0 Å². The number of hydrogen-bond acceptors (Lipinski definition) is 10. The number of rotatable bonds is 49. The van der Waals surface area contributed by atoms with Crippen LogP contribution in [0.15, 0.2) is 0 Å². The summed E-state index contributed by atoms with van der Waals surface area (Å²) in [5.41, 5.74) is 1.09. The molecule has 16 nitrogen and oxygen atoms in total. The number of carbonyl (C=O) groups is 5. The minimum atomic E-state index is -0.951. The monoisotopic (exact) mass is 913 g/mol. The van der Waals surface area contributed by atoms with Crippen molar-refractivity contribution >= 4 is 42.1 Å². The van der Waals surface area contributed by atoms with E-state index in [-0.39, 0.29) is 76.7 Å². The maximum atomic E-state index is 12.2. The van der Waals surface area contributed by atoms with Gasteiger partial charge in [0.2, 0.25) is 17.7 Å². The van der Waals surface area contributed by atoms with Crippen LogP contribution in [-0.4, -0.2) is 137 Å². The van der Waals surface area contributed by atoms with Gasteiger partial charge in [0.1, 0.15) is 19.3 Å². The molecule has 16 heteroatoms. The van der Waals surface area contributed by atoms with Crippen molar-refractivity contribution in [1.29, 1.82) is 0 Å². The first-order valence-corrected chi connectivity index (χ1v) is 24.7. The van der Waals surface area contributed by atoms with Crippen LogP contribution in [0.3, 0.4) is 0 Å². The van der Waals surface area contributed by atoms with E-state index in [2.05, 4.69) is 39.6 Å². The van der Waals surface area contributed by atoms with Gasteiger partial charge in [-0.2, -0.15) is 0 Å². The van der Waals surface area contributed by atoms with Crippen molar-refractivity contribution in [1.82, 2.24) is 25.9 Å². The second kappa shape index (κ2) is 46.1. The zero-order valence-corrected chi connectivity index (χ0v) is 40.0. The van der Waals surface area contributed by atoms with Crippen LogP contribution in [0.25, 0.3) is 0 Å². The van der Waals surface area contributed by atoms with Crippen LogP contribution >= 0.6 is 0 Å². The van der Waals surface area contributed by atoms with Gasteiger partial charge < -0.3 is 50.4 Å². The Morgan fingerprint density at radius 3 is 1.41 bits per heavy atom. The number of carbonyl (C=O) groups excluding carboxylic acids is 3. The van der Waals surface area contributed by atoms with E-state index < -0.39 is 18.0 Å². The highest BCUT2D eigenvalue weighted by Gasteiger charge is 2.19. The molecule has 0 heterocycles. The van der Waals surface area contributed by atoms with E-state index in [1.807, 2.05) is 6.92 Å². The van der Waals surface area contributed by atoms with E-state index in [0.717, 1.165) is 76.3 Å². The molecule has 0 aromatic rings. The molecule has 2 unspecified atom stereocenters. The molecule has 0 aromatic carbocycles. The Balaban J connectivity index is 3.58. The molecular formula is C48H90N5O11+. The van der Waals surface area contributed by atoms with Gasteiger partial charge in [-0.1, -0.05) is 116 Å². The lowest BCUT2D eigenvalue weighted by atomic mass is 9.93. The van der Waals surface area contributed by atoms with Crippen LogP contribution in [0.2, 0.25) is 0 Å². The smallest absolute Gasteiger partial charge is 0.320 e. The van der Waals surface area contributed by atoms with Gasteiger partial charge in [0.15, 0.2) is 0 Å². The van der Waals surface area contributed by atoms with Gasteiger partial charge in [0, 0.05) is 39.4 Å². The average molecular weight is 913 g/mol. The second-order valence-electron chi connectivity index (χ2n) is 16.7. The van der Waals surface area contributed by atoms with Crippen molar-refractivity contribution in [2.75, 3.05) is 79.0 Å². The molecule has 0 rings (SSSR count). The number of amides is 3. The van der Waals surface area contributed by atoms with Crippen molar-refractivity contribution in [2.45, 2.75) is 180 Å². The first kappa shape index (κ1) is 60.6. The second-order valence-corrected chi connectivity index (χ2v) is 16.7. The lowest BCUT2D eigenvalue weighted by molar-refractivity contribution is -0.140. The summed E-state index contributed by atoms with van der Waals surface area (Å²) in [6.07, 6.45) is 25.9. The molecule has 0 aliphatic carbocycles. The Labute approximate surface area is 385 Å². The molecule has 372 valence electrons. The van der Waals surface area contributed by atoms with Gasteiger partial charge in [-0.3, -0.25) is 24.0 Å². The van der Waals surface area contributed by atoms with Gasteiger partial charge in [-0.05, 0) is 45.1 Å². The summed E-state index contributed by atoms with van der Waals surface area (Å²) in [5.74, 6) is -1.85. The lowest BCUT2D eigenvalue weighted by Gasteiger charge is -2.14.